The Labute approximate surface area is 140 Å². The standard InChI is InChI=1S/C16H23N5O3/c1-10(2)13(18-15(22)12-5-4-8-23-12)16-19-14(20-24-16)11-9-17-6-7-21(11)3/h4-5,8,10-11,13,17H,6-7,9H2,1-3H3,(H,18,22). The van der Waals surface area contributed by atoms with Gasteiger partial charge in [0, 0.05) is 19.6 Å². The smallest absolute Gasteiger partial charge is 0.287 e. The van der Waals surface area contributed by atoms with E-state index in [9.17, 15) is 4.79 Å². The van der Waals surface area contributed by atoms with Crippen LogP contribution in [0.4, 0.5) is 0 Å². The Hall–Kier alpha value is -2.19. The van der Waals surface area contributed by atoms with Crippen LogP contribution in [-0.4, -0.2) is 47.6 Å². The molecule has 0 radical (unpaired) electrons. The molecule has 8 nitrogen and oxygen atoms in total. The second-order valence-electron chi connectivity index (χ2n) is 6.36. The SMILES string of the molecule is CC(C)C(NC(=O)c1ccco1)c1nc(C2CNCCN2C)no1. The largest absolute Gasteiger partial charge is 0.459 e. The van der Waals surface area contributed by atoms with Gasteiger partial charge in [-0.3, -0.25) is 9.69 Å². The van der Waals surface area contributed by atoms with Crippen molar-refractivity contribution in [3.8, 4) is 0 Å². The van der Waals surface area contributed by atoms with Gasteiger partial charge in [0.15, 0.2) is 11.6 Å². The Bertz CT molecular complexity index is 667. The molecule has 2 atom stereocenters. The van der Waals surface area contributed by atoms with Crippen molar-refractivity contribution in [2.75, 3.05) is 26.7 Å². The molecule has 1 aliphatic rings. The predicted molar refractivity (Wildman–Crippen MR) is 86.3 cm³/mol. The van der Waals surface area contributed by atoms with Crippen molar-refractivity contribution < 1.29 is 13.7 Å². The van der Waals surface area contributed by atoms with E-state index in [2.05, 4.69) is 25.7 Å². The van der Waals surface area contributed by atoms with Crippen molar-refractivity contribution in [3.63, 3.8) is 0 Å². The number of piperazine rings is 1. The van der Waals surface area contributed by atoms with E-state index in [1.807, 2.05) is 20.9 Å². The first-order valence-corrected chi connectivity index (χ1v) is 8.15. The zero-order valence-electron chi connectivity index (χ0n) is 14.2. The Morgan fingerprint density at radius 2 is 2.33 bits per heavy atom. The summed E-state index contributed by atoms with van der Waals surface area (Å²) in [5.41, 5.74) is 0. The number of hydrogen-bond acceptors (Lipinski definition) is 7. The molecule has 2 aromatic rings. The van der Waals surface area contributed by atoms with E-state index in [1.165, 1.54) is 6.26 Å². The number of nitrogens with zero attached hydrogens (tertiary/aromatic N) is 3. The van der Waals surface area contributed by atoms with Crippen LogP contribution in [-0.2, 0) is 0 Å². The second-order valence-corrected chi connectivity index (χ2v) is 6.36. The minimum absolute atomic E-state index is 0.0739. The zero-order chi connectivity index (χ0) is 17.1. The average molecular weight is 333 g/mol. The summed E-state index contributed by atoms with van der Waals surface area (Å²) in [4.78, 5) is 19.0. The molecule has 0 aromatic carbocycles. The van der Waals surface area contributed by atoms with E-state index in [0.29, 0.717) is 11.7 Å². The number of amides is 1. The molecule has 3 heterocycles. The highest BCUT2D eigenvalue weighted by Gasteiger charge is 2.29. The molecule has 1 aliphatic heterocycles. The van der Waals surface area contributed by atoms with Gasteiger partial charge < -0.3 is 19.6 Å². The van der Waals surface area contributed by atoms with Gasteiger partial charge in [0.1, 0.15) is 6.04 Å². The minimum atomic E-state index is -0.370. The fourth-order valence-corrected chi connectivity index (χ4v) is 2.74. The maximum atomic E-state index is 12.2. The first kappa shape index (κ1) is 16.7. The van der Waals surface area contributed by atoms with E-state index in [4.69, 9.17) is 8.94 Å². The summed E-state index contributed by atoms with van der Waals surface area (Å²) in [5.74, 6) is 1.11. The lowest BCUT2D eigenvalue weighted by Gasteiger charge is -2.30. The third-order valence-corrected chi connectivity index (χ3v) is 4.23. The molecule has 2 aromatic heterocycles. The van der Waals surface area contributed by atoms with Gasteiger partial charge in [0.2, 0.25) is 5.89 Å². The van der Waals surface area contributed by atoms with Crippen LogP contribution in [0, 0.1) is 5.92 Å². The molecule has 24 heavy (non-hydrogen) atoms. The van der Waals surface area contributed by atoms with Crippen molar-refractivity contribution in [1.82, 2.24) is 25.7 Å². The van der Waals surface area contributed by atoms with Crippen LogP contribution in [0.15, 0.2) is 27.3 Å². The average Bonchev–Trinajstić information content (AvgIpc) is 3.24. The van der Waals surface area contributed by atoms with Crippen molar-refractivity contribution >= 4 is 5.91 Å². The first-order chi connectivity index (χ1) is 11.6. The molecule has 1 saturated heterocycles. The summed E-state index contributed by atoms with van der Waals surface area (Å²) in [6.07, 6.45) is 1.47. The monoisotopic (exact) mass is 333 g/mol. The maximum Gasteiger partial charge on any atom is 0.287 e. The molecule has 3 rings (SSSR count). The number of furan rings is 1. The summed E-state index contributed by atoms with van der Waals surface area (Å²) in [5, 5.41) is 10.4. The van der Waals surface area contributed by atoms with Crippen LogP contribution in [0.2, 0.25) is 0 Å². The molecule has 130 valence electrons. The van der Waals surface area contributed by atoms with Crippen LogP contribution >= 0.6 is 0 Å². The van der Waals surface area contributed by atoms with E-state index >= 15 is 0 Å². The number of rotatable bonds is 5. The molecule has 0 bridgehead atoms. The topological polar surface area (TPSA) is 96.4 Å². The van der Waals surface area contributed by atoms with E-state index < -0.39 is 0 Å². The molecule has 0 aliphatic carbocycles. The predicted octanol–water partition coefficient (Wildman–Crippen LogP) is 1.37. The van der Waals surface area contributed by atoms with Crippen LogP contribution in [0.5, 0.6) is 0 Å². The van der Waals surface area contributed by atoms with Gasteiger partial charge in [0.05, 0.1) is 12.3 Å². The van der Waals surface area contributed by atoms with Gasteiger partial charge >= 0.3 is 0 Å². The Morgan fingerprint density at radius 3 is 3.00 bits per heavy atom. The Kier molecular flexibility index (Phi) is 4.96. The number of carbonyl (C=O) groups excluding carboxylic acids is 1. The lowest BCUT2D eigenvalue weighted by molar-refractivity contribution is 0.0885. The molecule has 2 unspecified atom stereocenters. The van der Waals surface area contributed by atoms with Crippen LogP contribution in [0.3, 0.4) is 0 Å². The van der Waals surface area contributed by atoms with Gasteiger partial charge in [-0.1, -0.05) is 19.0 Å². The molecule has 8 heteroatoms. The molecule has 0 spiro atoms. The highest BCUT2D eigenvalue weighted by Crippen LogP contribution is 2.24. The third-order valence-electron chi connectivity index (χ3n) is 4.23. The zero-order valence-corrected chi connectivity index (χ0v) is 14.2. The lowest BCUT2D eigenvalue weighted by atomic mass is 10.0. The molecule has 0 saturated carbocycles. The maximum absolute atomic E-state index is 12.2. The number of hydrogen-bond donors (Lipinski definition) is 2. The quantitative estimate of drug-likeness (QED) is 0.853. The van der Waals surface area contributed by atoms with Gasteiger partial charge in [-0.25, -0.2) is 0 Å². The number of aromatic nitrogens is 2. The third kappa shape index (κ3) is 3.49. The molecule has 1 fully saturated rings. The first-order valence-electron chi connectivity index (χ1n) is 8.15. The molecular weight excluding hydrogens is 310 g/mol. The number of likely N-dealkylation sites (N-methyl/N-ethyl adjacent to an activating group) is 1. The fourth-order valence-electron chi connectivity index (χ4n) is 2.74. The van der Waals surface area contributed by atoms with Crippen molar-refractivity contribution in [2.45, 2.75) is 25.9 Å². The van der Waals surface area contributed by atoms with Gasteiger partial charge in [-0.15, -0.1) is 0 Å². The van der Waals surface area contributed by atoms with Crippen molar-refractivity contribution in [3.05, 3.63) is 35.9 Å². The Balaban J connectivity index is 1.76. The van der Waals surface area contributed by atoms with Crippen molar-refractivity contribution in [1.29, 1.82) is 0 Å². The minimum Gasteiger partial charge on any atom is -0.459 e. The summed E-state index contributed by atoms with van der Waals surface area (Å²) >= 11 is 0. The van der Waals surface area contributed by atoms with E-state index in [-0.39, 0.29) is 29.7 Å². The second kappa shape index (κ2) is 7.14. The van der Waals surface area contributed by atoms with Crippen LogP contribution in [0.1, 0.15) is 48.2 Å². The summed E-state index contributed by atoms with van der Waals surface area (Å²) < 4.78 is 10.6. The summed E-state index contributed by atoms with van der Waals surface area (Å²) in [6.45, 7) is 6.64. The van der Waals surface area contributed by atoms with E-state index in [0.717, 1.165) is 19.6 Å². The number of carbonyl (C=O) groups is 1. The summed E-state index contributed by atoms with van der Waals surface area (Å²) in [6, 6.07) is 3.00. The Morgan fingerprint density at radius 1 is 1.50 bits per heavy atom. The summed E-state index contributed by atoms with van der Waals surface area (Å²) in [7, 11) is 2.04. The van der Waals surface area contributed by atoms with Crippen molar-refractivity contribution in [2.24, 2.45) is 5.92 Å². The highest BCUT2D eigenvalue weighted by atomic mass is 16.5. The van der Waals surface area contributed by atoms with Crippen LogP contribution in [0.25, 0.3) is 0 Å². The normalized spacial score (nSPS) is 20.2. The molecule has 2 N–H and O–H groups in total. The van der Waals surface area contributed by atoms with Gasteiger partial charge in [0.25, 0.3) is 5.91 Å². The lowest BCUT2D eigenvalue weighted by Crippen LogP contribution is -2.44. The molecule has 1 amide bonds. The molecular formula is C16H23N5O3. The van der Waals surface area contributed by atoms with Gasteiger partial charge in [-0.2, -0.15) is 4.98 Å². The highest BCUT2D eigenvalue weighted by molar-refractivity contribution is 5.91. The van der Waals surface area contributed by atoms with Gasteiger partial charge in [-0.05, 0) is 25.1 Å². The van der Waals surface area contributed by atoms with Crippen LogP contribution < -0.4 is 10.6 Å². The number of nitrogens with one attached hydrogen (secondary N) is 2. The fraction of sp³-hybridized carbons (Fsp3) is 0.562. The van der Waals surface area contributed by atoms with E-state index in [1.54, 1.807) is 12.1 Å².